The zero-order valence-corrected chi connectivity index (χ0v) is 22.8. The van der Waals surface area contributed by atoms with Crippen LogP contribution in [0.25, 0.3) is 0 Å². The van der Waals surface area contributed by atoms with E-state index in [-0.39, 0.29) is 12.2 Å². The van der Waals surface area contributed by atoms with Gasteiger partial charge in [-0.2, -0.15) is 13.2 Å². The molecule has 0 aliphatic carbocycles. The van der Waals surface area contributed by atoms with Gasteiger partial charge in [0.05, 0.1) is 24.6 Å². The predicted octanol–water partition coefficient (Wildman–Crippen LogP) is 3.89. The van der Waals surface area contributed by atoms with Crippen LogP contribution in [-0.4, -0.2) is 61.2 Å². The minimum absolute atomic E-state index is 0.135. The number of alkyl halides is 3. The fourth-order valence-electron chi connectivity index (χ4n) is 3.19. The molecule has 0 saturated heterocycles. The smallest absolute Gasteiger partial charge is 0.415 e. The average Bonchev–Trinajstić information content (AvgIpc) is 2.69. The van der Waals surface area contributed by atoms with E-state index in [4.69, 9.17) is 9.16 Å². The molecule has 1 aromatic heterocycles. The Labute approximate surface area is 208 Å². The van der Waals surface area contributed by atoms with Crippen LogP contribution in [0.1, 0.15) is 67.8 Å². The van der Waals surface area contributed by atoms with Crippen molar-refractivity contribution < 1.29 is 41.8 Å². The van der Waals surface area contributed by atoms with E-state index in [9.17, 15) is 37.5 Å². The van der Waals surface area contributed by atoms with Crippen molar-refractivity contribution in [3.05, 3.63) is 33.2 Å². The number of carboxylic acids is 1. The van der Waals surface area contributed by atoms with Gasteiger partial charge < -0.3 is 24.6 Å². The molecule has 0 aliphatic rings. The van der Waals surface area contributed by atoms with Gasteiger partial charge in [0.25, 0.3) is 5.56 Å². The number of esters is 1. The summed E-state index contributed by atoms with van der Waals surface area (Å²) in [6, 6.07) is -1.47. The molecule has 204 valence electrons. The normalized spacial score (nSPS) is 14.3. The number of H-pyrrole nitrogens is 1. The summed E-state index contributed by atoms with van der Waals surface area (Å²) in [5, 5.41) is 11.2. The topological polar surface area (TPSA) is 135 Å². The third-order valence-electron chi connectivity index (χ3n) is 6.14. The van der Waals surface area contributed by atoms with E-state index >= 15 is 0 Å². The Bertz CT molecular complexity index is 1030. The van der Waals surface area contributed by atoms with Crippen molar-refractivity contribution in [2.24, 2.45) is 5.92 Å². The fraction of sp³-hybridized carbons (Fsp3) is 0.652. The number of hydrogen-bond donors (Lipinski definition) is 3. The highest BCUT2D eigenvalue weighted by Gasteiger charge is 2.52. The minimum Gasteiger partial charge on any atom is -0.477 e. The van der Waals surface area contributed by atoms with Crippen LogP contribution in [-0.2, 0) is 20.4 Å². The number of amides is 1. The van der Waals surface area contributed by atoms with Crippen molar-refractivity contribution in [2.75, 3.05) is 6.61 Å². The van der Waals surface area contributed by atoms with Crippen LogP contribution >= 0.6 is 0 Å². The van der Waals surface area contributed by atoms with Crippen LogP contribution < -0.4 is 10.9 Å². The van der Waals surface area contributed by atoms with Crippen molar-refractivity contribution in [2.45, 2.75) is 84.4 Å². The predicted molar refractivity (Wildman–Crippen MR) is 129 cm³/mol. The van der Waals surface area contributed by atoms with Crippen molar-refractivity contribution in [1.29, 1.82) is 0 Å². The monoisotopic (exact) mass is 536 g/mol. The quantitative estimate of drug-likeness (QED) is 0.305. The van der Waals surface area contributed by atoms with E-state index < -0.39 is 78.5 Å². The lowest BCUT2D eigenvalue weighted by atomic mass is 9.96. The first kappa shape index (κ1) is 31.4. The van der Waals surface area contributed by atoms with Crippen molar-refractivity contribution in [1.82, 2.24) is 10.3 Å². The minimum atomic E-state index is -4.79. The van der Waals surface area contributed by atoms with E-state index in [1.807, 2.05) is 0 Å². The zero-order valence-electron chi connectivity index (χ0n) is 21.8. The third kappa shape index (κ3) is 7.66. The largest absolute Gasteiger partial charge is 0.477 e. The molecule has 1 amide bonds. The maximum atomic E-state index is 14.1. The summed E-state index contributed by atoms with van der Waals surface area (Å²) in [6.45, 7) is 13.1. The summed E-state index contributed by atoms with van der Waals surface area (Å²) < 4.78 is 53.0. The molecule has 9 nitrogen and oxygen atoms in total. The molecular formula is C23H35F3N2O7Si. The molecule has 0 saturated carbocycles. The molecule has 3 N–H and O–H groups in total. The first-order chi connectivity index (χ1) is 16.2. The highest BCUT2D eigenvalue weighted by molar-refractivity contribution is 6.74. The van der Waals surface area contributed by atoms with Gasteiger partial charge in [-0.25, -0.2) is 9.59 Å². The number of pyridine rings is 1. The van der Waals surface area contributed by atoms with Crippen LogP contribution in [0.5, 0.6) is 0 Å². The van der Waals surface area contributed by atoms with E-state index in [1.165, 1.54) is 20.8 Å². The molecule has 0 aromatic carbocycles. The lowest BCUT2D eigenvalue weighted by molar-refractivity contribution is -0.210. The lowest BCUT2D eigenvalue weighted by Crippen LogP contribution is -2.59. The highest BCUT2D eigenvalue weighted by atomic mass is 28.4. The molecule has 0 spiro atoms. The maximum absolute atomic E-state index is 14.1. The van der Waals surface area contributed by atoms with Crippen molar-refractivity contribution in [3.63, 3.8) is 0 Å². The Balaban J connectivity index is 3.42. The Hall–Kier alpha value is -2.67. The molecule has 13 heteroatoms. The molecular weight excluding hydrogens is 501 g/mol. The van der Waals surface area contributed by atoms with Crippen molar-refractivity contribution in [3.8, 4) is 0 Å². The molecule has 36 heavy (non-hydrogen) atoms. The van der Waals surface area contributed by atoms with Crippen LogP contribution in [0.4, 0.5) is 13.2 Å². The number of ether oxygens (including phenoxy) is 1. The summed E-state index contributed by atoms with van der Waals surface area (Å²) >= 11 is 0. The number of nitrogens with one attached hydrogen (secondary N) is 2. The van der Waals surface area contributed by atoms with E-state index in [0.29, 0.717) is 0 Å². The number of aromatic carboxylic acids is 1. The van der Waals surface area contributed by atoms with Crippen LogP contribution in [0.2, 0.25) is 18.1 Å². The molecule has 1 aromatic rings. The molecule has 0 aliphatic heterocycles. The van der Waals surface area contributed by atoms with Crippen LogP contribution in [0, 0.1) is 5.92 Å². The summed E-state index contributed by atoms with van der Waals surface area (Å²) in [7, 11) is -2.91. The Kier molecular flexibility index (Phi) is 10.1. The molecule has 0 fully saturated rings. The average molecular weight is 537 g/mol. The van der Waals surface area contributed by atoms with E-state index in [0.717, 1.165) is 6.20 Å². The molecule has 1 rings (SSSR count). The number of carbonyl (C=O) groups excluding carboxylic acids is 2. The van der Waals surface area contributed by atoms with Gasteiger partial charge in [0.1, 0.15) is 5.56 Å². The molecule has 0 radical (unpaired) electrons. The van der Waals surface area contributed by atoms with Gasteiger partial charge in [0.15, 0.2) is 14.4 Å². The summed E-state index contributed by atoms with van der Waals surface area (Å²) in [5.74, 6) is -4.48. The number of rotatable bonds is 10. The number of halogens is 3. The number of aromatic nitrogens is 1. The number of aromatic amines is 1. The summed E-state index contributed by atoms with van der Waals surface area (Å²) in [4.78, 5) is 51.1. The molecule has 2 unspecified atom stereocenters. The van der Waals surface area contributed by atoms with Gasteiger partial charge in [-0.15, -0.1) is 0 Å². The second-order valence-electron chi connectivity index (χ2n) is 10.3. The number of carboxylic acid groups (broad SMARTS) is 1. The number of carbonyl (C=O) groups is 3. The van der Waals surface area contributed by atoms with Gasteiger partial charge in [-0.05, 0) is 36.5 Å². The second-order valence-corrected chi connectivity index (χ2v) is 15.0. The van der Waals surface area contributed by atoms with E-state index in [1.54, 1.807) is 33.9 Å². The standard InChI is InChI=1S/C23H35F3N2O7Si/c1-9-34-21(33)15-13(11-27-19(30)16(15)20(31)32)10-14(29)28-17(12(2)3)18(23(24,25)26)35-36(7,8)22(4,5)6/h11-12,17-18H,9-10H2,1-8H3,(H,27,30)(H,28,29)(H,31,32). The van der Waals surface area contributed by atoms with Gasteiger partial charge in [-0.3, -0.25) is 9.59 Å². The van der Waals surface area contributed by atoms with E-state index in [2.05, 4.69) is 10.3 Å². The van der Waals surface area contributed by atoms with Crippen molar-refractivity contribution >= 4 is 26.2 Å². The molecule has 2 atom stereocenters. The van der Waals surface area contributed by atoms with Crippen LogP contribution in [0.15, 0.2) is 11.0 Å². The third-order valence-corrected chi connectivity index (χ3v) is 10.6. The maximum Gasteiger partial charge on any atom is 0.415 e. The first-order valence-electron chi connectivity index (χ1n) is 11.4. The molecule has 1 heterocycles. The first-order valence-corrected chi connectivity index (χ1v) is 14.3. The Morgan fingerprint density at radius 2 is 1.69 bits per heavy atom. The van der Waals surface area contributed by atoms with Gasteiger partial charge in [0.2, 0.25) is 5.91 Å². The molecule has 0 bridgehead atoms. The Morgan fingerprint density at radius 3 is 2.11 bits per heavy atom. The van der Waals surface area contributed by atoms with Gasteiger partial charge in [0, 0.05) is 6.20 Å². The van der Waals surface area contributed by atoms with Gasteiger partial charge >= 0.3 is 18.1 Å². The number of hydrogen-bond acceptors (Lipinski definition) is 6. The Morgan fingerprint density at radius 1 is 1.14 bits per heavy atom. The van der Waals surface area contributed by atoms with Crippen LogP contribution in [0.3, 0.4) is 0 Å². The highest BCUT2D eigenvalue weighted by Crippen LogP contribution is 2.41. The summed E-state index contributed by atoms with van der Waals surface area (Å²) in [6.07, 6.45) is -6.79. The van der Waals surface area contributed by atoms with Gasteiger partial charge in [-0.1, -0.05) is 34.6 Å². The second kappa shape index (κ2) is 11.6. The zero-order chi connectivity index (χ0) is 28.2. The summed E-state index contributed by atoms with van der Waals surface area (Å²) in [5.41, 5.74) is -2.85. The fourth-order valence-corrected chi connectivity index (χ4v) is 4.46. The lowest BCUT2D eigenvalue weighted by Gasteiger charge is -2.42. The SMILES string of the molecule is CCOC(=O)c1c(CC(=O)NC(C(C)C)C(O[Si](C)(C)C(C)(C)C)C(F)(F)F)c[nH]c(=O)c1C(=O)O.